The van der Waals surface area contributed by atoms with Gasteiger partial charge < -0.3 is 18.9 Å². The summed E-state index contributed by atoms with van der Waals surface area (Å²) in [6, 6.07) is 4.39. The number of benzene rings is 1. The van der Waals surface area contributed by atoms with Crippen molar-refractivity contribution in [2.24, 2.45) is 0 Å². The minimum atomic E-state index is -0.747. The molecule has 0 radical (unpaired) electrons. The fourth-order valence-corrected chi connectivity index (χ4v) is 1.69. The largest absolute Gasteiger partial charge is 0.500 e. The molecule has 1 rings (SSSR count). The van der Waals surface area contributed by atoms with Crippen molar-refractivity contribution in [2.75, 3.05) is 14.2 Å². The Bertz CT molecular complexity index is 596. The molecule has 0 spiro atoms. The highest BCUT2D eigenvalue weighted by molar-refractivity contribution is 6.31. The van der Waals surface area contributed by atoms with Crippen molar-refractivity contribution < 1.29 is 28.5 Å². The second kappa shape index (κ2) is 9.05. The summed E-state index contributed by atoms with van der Waals surface area (Å²) in [6.07, 6.45) is 1.48. The van der Waals surface area contributed by atoms with Crippen molar-refractivity contribution in [3.8, 4) is 5.75 Å². The minimum absolute atomic E-state index is 0.101. The van der Waals surface area contributed by atoms with Crippen molar-refractivity contribution in [1.29, 1.82) is 0 Å². The molecule has 1 unspecified atom stereocenters. The standard InChI is InChI=1S/C16H19ClO6/c1-5-10(2)22-15(18)12-8-11(17)6-7-13(12)23-14(9-20-3)16(19)21-4/h6-10H,5H2,1-4H3. The molecule has 0 amide bonds. The van der Waals surface area contributed by atoms with Crippen molar-refractivity contribution in [3.05, 3.63) is 40.8 Å². The van der Waals surface area contributed by atoms with Crippen molar-refractivity contribution in [3.63, 3.8) is 0 Å². The van der Waals surface area contributed by atoms with Crippen LogP contribution in [-0.2, 0) is 19.0 Å². The van der Waals surface area contributed by atoms with Gasteiger partial charge in [0.05, 0.1) is 20.3 Å². The summed E-state index contributed by atoms with van der Waals surface area (Å²) in [5, 5.41) is 0.337. The summed E-state index contributed by atoms with van der Waals surface area (Å²) in [7, 11) is 2.56. The molecule has 1 atom stereocenters. The lowest BCUT2D eigenvalue weighted by Crippen LogP contribution is -2.17. The molecule has 7 heteroatoms. The summed E-state index contributed by atoms with van der Waals surface area (Å²) in [4.78, 5) is 23.9. The van der Waals surface area contributed by atoms with Gasteiger partial charge in [-0.3, -0.25) is 0 Å². The second-order valence-corrected chi connectivity index (χ2v) is 5.01. The Kier molecular flexibility index (Phi) is 7.41. The van der Waals surface area contributed by atoms with Crippen LogP contribution in [0.2, 0.25) is 5.02 Å². The normalized spacial score (nSPS) is 12.3. The van der Waals surface area contributed by atoms with Crippen LogP contribution in [0.3, 0.4) is 0 Å². The maximum Gasteiger partial charge on any atom is 0.377 e. The second-order valence-electron chi connectivity index (χ2n) is 4.58. The first-order valence-electron chi connectivity index (χ1n) is 6.92. The number of methoxy groups -OCH3 is 2. The van der Waals surface area contributed by atoms with E-state index in [0.717, 1.165) is 6.26 Å². The van der Waals surface area contributed by atoms with Gasteiger partial charge in [0.2, 0.25) is 5.76 Å². The van der Waals surface area contributed by atoms with Crippen LogP contribution in [0.15, 0.2) is 30.2 Å². The first kappa shape index (κ1) is 18.8. The molecule has 0 N–H and O–H groups in total. The molecule has 0 aromatic heterocycles. The van der Waals surface area contributed by atoms with Crippen LogP contribution < -0.4 is 4.74 Å². The van der Waals surface area contributed by atoms with E-state index in [2.05, 4.69) is 4.74 Å². The summed E-state index contributed by atoms with van der Waals surface area (Å²) in [6.45, 7) is 3.66. The van der Waals surface area contributed by atoms with E-state index in [1.54, 1.807) is 6.92 Å². The molecule has 0 heterocycles. The summed E-state index contributed by atoms with van der Waals surface area (Å²) in [5.74, 6) is -1.45. The minimum Gasteiger partial charge on any atom is -0.500 e. The molecular formula is C16H19ClO6. The lowest BCUT2D eigenvalue weighted by atomic mass is 10.2. The van der Waals surface area contributed by atoms with Crippen LogP contribution in [0, 0.1) is 0 Å². The van der Waals surface area contributed by atoms with Gasteiger partial charge in [-0.15, -0.1) is 0 Å². The molecule has 0 bridgehead atoms. The topological polar surface area (TPSA) is 71.1 Å². The SMILES string of the molecule is CCC(C)OC(=O)c1cc(Cl)ccc1OC(=COC)C(=O)OC. The Labute approximate surface area is 139 Å². The Morgan fingerprint density at radius 1 is 1.30 bits per heavy atom. The van der Waals surface area contributed by atoms with Gasteiger partial charge in [-0.05, 0) is 31.5 Å². The molecule has 0 fully saturated rings. The van der Waals surface area contributed by atoms with E-state index in [9.17, 15) is 9.59 Å². The average molecular weight is 343 g/mol. The molecule has 0 aliphatic rings. The smallest absolute Gasteiger partial charge is 0.377 e. The van der Waals surface area contributed by atoms with Gasteiger partial charge in [0, 0.05) is 5.02 Å². The molecular weight excluding hydrogens is 324 g/mol. The zero-order valence-corrected chi connectivity index (χ0v) is 14.2. The predicted octanol–water partition coefficient (Wildman–Crippen LogP) is 3.33. The highest BCUT2D eigenvalue weighted by Gasteiger charge is 2.21. The number of ether oxygens (including phenoxy) is 4. The average Bonchev–Trinajstić information content (AvgIpc) is 2.54. The molecule has 23 heavy (non-hydrogen) atoms. The maximum atomic E-state index is 12.2. The van der Waals surface area contributed by atoms with Gasteiger partial charge in [-0.1, -0.05) is 18.5 Å². The van der Waals surface area contributed by atoms with Crippen LogP contribution in [0.5, 0.6) is 5.75 Å². The van der Waals surface area contributed by atoms with Gasteiger partial charge >= 0.3 is 11.9 Å². The van der Waals surface area contributed by atoms with E-state index >= 15 is 0 Å². The maximum absolute atomic E-state index is 12.2. The van der Waals surface area contributed by atoms with Gasteiger partial charge in [0.25, 0.3) is 0 Å². The highest BCUT2D eigenvalue weighted by atomic mass is 35.5. The number of carbonyl (C=O) groups is 2. The van der Waals surface area contributed by atoms with E-state index in [-0.39, 0.29) is 23.2 Å². The van der Waals surface area contributed by atoms with Crippen LogP contribution in [-0.4, -0.2) is 32.3 Å². The van der Waals surface area contributed by atoms with Gasteiger partial charge in [-0.2, -0.15) is 0 Å². The van der Waals surface area contributed by atoms with Crippen LogP contribution in [0.25, 0.3) is 0 Å². The molecule has 6 nitrogen and oxygen atoms in total. The molecule has 0 saturated carbocycles. The van der Waals surface area contributed by atoms with Gasteiger partial charge in [0.15, 0.2) is 0 Å². The first-order chi connectivity index (χ1) is 10.9. The predicted molar refractivity (Wildman–Crippen MR) is 84.4 cm³/mol. The van der Waals surface area contributed by atoms with E-state index in [0.29, 0.717) is 11.4 Å². The highest BCUT2D eigenvalue weighted by Crippen LogP contribution is 2.26. The van der Waals surface area contributed by atoms with Crippen LogP contribution in [0.1, 0.15) is 30.6 Å². The molecule has 126 valence electrons. The monoisotopic (exact) mass is 342 g/mol. The number of hydrogen-bond acceptors (Lipinski definition) is 6. The van der Waals surface area contributed by atoms with Gasteiger partial charge in [-0.25, -0.2) is 9.59 Å². The fraction of sp³-hybridized carbons (Fsp3) is 0.375. The lowest BCUT2D eigenvalue weighted by molar-refractivity contribution is -0.138. The summed E-state index contributed by atoms with van der Waals surface area (Å²) < 4.78 is 20.1. The number of hydrogen-bond donors (Lipinski definition) is 0. The van der Waals surface area contributed by atoms with Gasteiger partial charge in [0.1, 0.15) is 17.6 Å². The van der Waals surface area contributed by atoms with E-state index in [4.69, 9.17) is 25.8 Å². The van der Waals surface area contributed by atoms with E-state index in [1.165, 1.54) is 32.4 Å². The quantitative estimate of drug-likeness (QED) is 0.430. The Hall–Kier alpha value is -2.21. The fourth-order valence-electron chi connectivity index (χ4n) is 1.52. The van der Waals surface area contributed by atoms with Crippen LogP contribution >= 0.6 is 11.6 Å². The Morgan fingerprint density at radius 2 is 2.00 bits per heavy atom. The third-order valence-corrected chi connectivity index (χ3v) is 3.11. The molecule has 1 aromatic carbocycles. The number of esters is 2. The summed E-state index contributed by atoms with van der Waals surface area (Å²) >= 11 is 5.92. The third kappa shape index (κ3) is 5.49. The van der Waals surface area contributed by atoms with Crippen molar-refractivity contribution in [1.82, 2.24) is 0 Å². The van der Waals surface area contributed by atoms with Crippen molar-refractivity contribution in [2.45, 2.75) is 26.4 Å². The van der Waals surface area contributed by atoms with Crippen LogP contribution in [0.4, 0.5) is 0 Å². The molecule has 1 aromatic rings. The van der Waals surface area contributed by atoms with E-state index in [1.807, 2.05) is 6.92 Å². The number of rotatable bonds is 7. The Balaban J connectivity index is 3.13. The molecule has 0 saturated heterocycles. The Morgan fingerprint density at radius 3 is 2.57 bits per heavy atom. The lowest BCUT2D eigenvalue weighted by Gasteiger charge is -2.14. The number of halogens is 1. The third-order valence-electron chi connectivity index (χ3n) is 2.88. The molecule has 0 aliphatic carbocycles. The zero-order valence-electron chi connectivity index (χ0n) is 13.4. The summed E-state index contributed by atoms with van der Waals surface area (Å²) in [5.41, 5.74) is 0.101. The zero-order chi connectivity index (χ0) is 17.4. The van der Waals surface area contributed by atoms with E-state index < -0.39 is 11.9 Å². The first-order valence-corrected chi connectivity index (χ1v) is 7.30. The molecule has 0 aliphatic heterocycles. The van der Waals surface area contributed by atoms with Crippen molar-refractivity contribution >= 4 is 23.5 Å². The number of carbonyl (C=O) groups excluding carboxylic acids is 2.